The molecule has 2 heterocycles. The fourth-order valence-electron chi connectivity index (χ4n) is 2.26. The number of rotatable bonds is 3. The number of aromatic nitrogens is 2. The summed E-state index contributed by atoms with van der Waals surface area (Å²) < 4.78 is 37.7. The van der Waals surface area contributed by atoms with Gasteiger partial charge in [-0.05, 0) is 0 Å². The Morgan fingerprint density at radius 1 is 1.30 bits per heavy atom. The number of piperazine rings is 1. The molecule has 1 aliphatic rings. The van der Waals surface area contributed by atoms with E-state index in [-0.39, 0.29) is 24.9 Å². The number of nitrogens with zero attached hydrogens (tertiary/aromatic N) is 5. The lowest BCUT2D eigenvalue weighted by Crippen LogP contribution is -2.59. The van der Waals surface area contributed by atoms with Gasteiger partial charge in [-0.15, -0.1) is 0 Å². The van der Waals surface area contributed by atoms with E-state index >= 15 is 0 Å². The number of hydrogen-bond acceptors (Lipinski definition) is 5. The Kier molecular flexibility index (Phi) is 4.71. The number of anilines is 1. The smallest absolute Gasteiger partial charge is 0.347 e. The fraction of sp³-hybridized carbons (Fsp3) is 0.538. The molecule has 1 saturated heterocycles. The molecule has 0 N–H and O–H groups in total. The van der Waals surface area contributed by atoms with Crippen LogP contribution in [0.5, 0.6) is 0 Å². The van der Waals surface area contributed by atoms with Crippen molar-refractivity contribution < 1.29 is 22.8 Å². The van der Waals surface area contributed by atoms with E-state index in [0.717, 1.165) is 0 Å². The van der Waals surface area contributed by atoms with E-state index in [9.17, 15) is 22.8 Å². The highest BCUT2D eigenvalue weighted by Crippen LogP contribution is 2.28. The van der Waals surface area contributed by atoms with Crippen molar-refractivity contribution in [1.82, 2.24) is 19.8 Å². The molecule has 0 bridgehead atoms. The van der Waals surface area contributed by atoms with Crippen LogP contribution < -0.4 is 4.90 Å². The van der Waals surface area contributed by atoms with Gasteiger partial charge in [0, 0.05) is 46.1 Å². The van der Waals surface area contributed by atoms with Crippen LogP contribution in [0.4, 0.5) is 19.1 Å². The number of carbonyl (C=O) groups excluding carboxylic acids is 2. The van der Waals surface area contributed by atoms with Gasteiger partial charge in [0.05, 0.1) is 5.56 Å². The molecule has 23 heavy (non-hydrogen) atoms. The van der Waals surface area contributed by atoms with Crippen molar-refractivity contribution >= 4 is 18.3 Å². The molecule has 1 fully saturated rings. The fourth-order valence-corrected chi connectivity index (χ4v) is 2.26. The summed E-state index contributed by atoms with van der Waals surface area (Å²) in [6.07, 6.45) is -2.51. The van der Waals surface area contributed by atoms with Crippen molar-refractivity contribution in [3.63, 3.8) is 0 Å². The molecule has 1 aromatic rings. The molecule has 0 spiro atoms. The van der Waals surface area contributed by atoms with Gasteiger partial charge in [-0.1, -0.05) is 0 Å². The maximum atomic E-state index is 12.6. The van der Waals surface area contributed by atoms with Gasteiger partial charge in [0.15, 0.2) is 0 Å². The van der Waals surface area contributed by atoms with E-state index in [2.05, 4.69) is 9.97 Å². The summed E-state index contributed by atoms with van der Waals surface area (Å²) in [5, 5.41) is 0. The van der Waals surface area contributed by atoms with Crippen LogP contribution in [0.2, 0.25) is 0 Å². The largest absolute Gasteiger partial charge is 0.419 e. The molecule has 10 heteroatoms. The summed E-state index contributed by atoms with van der Waals surface area (Å²) in [5.41, 5.74) is -0.955. The first-order valence-electron chi connectivity index (χ1n) is 6.80. The van der Waals surface area contributed by atoms with Crippen molar-refractivity contribution in [3.8, 4) is 0 Å². The zero-order valence-electron chi connectivity index (χ0n) is 12.6. The Bertz CT molecular complexity index is 576. The molecular weight excluding hydrogens is 315 g/mol. The molecule has 0 aromatic carbocycles. The second kappa shape index (κ2) is 6.39. The number of likely N-dealkylation sites (N-methyl/N-ethyl adjacent to an activating group) is 1. The molecular formula is C13H16F3N5O2. The minimum atomic E-state index is -4.52. The number of halogens is 3. The second-order valence-electron chi connectivity index (χ2n) is 5.31. The lowest BCUT2D eigenvalue weighted by atomic mass is 10.1. The summed E-state index contributed by atoms with van der Waals surface area (Å²) in [7, 11) is 3.13. The molecule has 1 unspecified atom stereocenters. The van der Waals surface area contributed by atoms with Crippen LogP contribution in [0.1, 0.15) is 5.56 Å². The highest BCUT2D eigenvalue weighted by molar-refractivity contribution is 5.85. The molecule has 1 aromatic heterocycles. The van der Waals surface area contributed by atoms with Gasteiger partial charge in [-0.3, -0.25) is 9.59 Å². The minimum absolute atomic E-state index is 0.0312. The molecule has 2 amide bonds. The Labute approximate surface area is 130 Å². The summed E-state index contributed by atoms with van der Waals surface area (Å²) in [4.78, 5) is 35.0. The van der Waals surface area contributed by atoms with Crippen LogP contribution >= 0.6 is 0 Å². The van der Waals surface area contributed by atoms with E-state index in [1.807, 2.05) is 0 Å². The van der Waals surface area contributed by atoms with E-state index in [1.165, 1.54) is 14.7 Å². The summed E-state index contributed by atoms with van der Waals surface area (Å²) in [6.45, 7) is 0.727. The van der Waals surface area contributed by atoms with Gasteiger partial charge in [-0.2, -0.15) is 13.2 Å². The lowest BCUT2D eigenvalue weighted by molar-refractivity contribution is -0.138. The van der Waals surface area contributed by atoms with E-state index in [0.29, 0.717) is 25.3 Å². The van der Waals surface area contributed by atoms with Crippen LogP contribution in [-0.2, 0) is 15.8 Å². The molecule has 0 aliphatic carbocycles. The normalized spacial score (nSPS) is 18.7. The first-order valence-corrected chi connectivity index (χ1v) is 6.80. The third kappa shape index (κ3) is 3.69. The number of hydrogen-bond donors (Lipinski definition) is 0. The van der Waals surface area contributed by atoms with Crippen molar-refractivity contribution in [2.45, 2.75) is 12.2 Å². The van der Waals surface area contributed by atoms with E-state index in [4.69, 9.17) is 0 Å². The Morgan fingerprint density at radius 3 is 2.39 bits per heavy atom. The third-order valence-corrected chi connectivity index (χ3v) is 3.51. The average Bonchev–Trinajstić information content (AvgIpc) is 2.52. The molecule has 0 radical (unpaired) electrons. The van der Waals surface area contributed by atoms with Gasteiger partial charge < -0.3 is 14.7 Å². The standard InChI is InChI=1S/C13H16F3N5O2/c1-19(2)11(23)10-7-20(8-22)3-4-21(10)12-17-5-9(6-18-12)13(14,15)16/h5-6,8,10H,3-4,7H2,1-2H3. The minimum Gasteiger partial charge on any atom is -0.347 e. The van der Waals surface area contributed by atoms with Gasteiger partial charge in [-0.25, -0.2) is 9.97 Å². The zero-order chi connectivity index (χ0) is 17.2. The summed E-state index contributed by atoms with van der Waals surface area (Å²) in [5.74, 6) is -0.246. The monoisotopic (exact) mass is 331 g/mol. The third-order valence-electron chi connectivity index (χ3n) is 3.51. The highest BCUT2D eigenvalue weighted by atomic mass is 19.4. The molecule has 2 rings (SSSR count). The van der Waals surface area contributed by atoms with Gasteiger partial charge in [0.1, 0.15) is 6.04 Å². The predicted molar refractivity (Wildman–Crippen MR) is 74.5 cm³/mol. The van der Waals surface area contributed by atoms with Crippen molar-refractivity contribution in [1.29, 1.82) is 0 Å². The van der Waals surface area contributed by atoms with Crippen molar-refractivity contribution in [2.75, 3.05) is 38.6 Å². The van der Waals surface area contributed by atoms with Crippen LogP contribution in [0, 0.1) is 0 Å². The average molecular weight is 331 g/mol. The second-order valence-corrected chi connectivity index (χ2v) is 5.31. The maximum Gasteiger partial charge on any atom is 0.419 e. The molecule has 0 saturated carbocycles. The number of carbonyl (C=O) groups is 2. The van der Waals surface area contributed by atoms with Gasteiger partial charge >= 0.3 is 6.18 Å². The number of amides is 2. The molecule has 7 nitrogen and oxygen atoms in total. The van der Waals surface area contributed by atoms with Crippen molar-refractivity contribution in [3.05, 3.63) is 18.0 Å². The lowest BCUT2D eigenvalue weighted by Gasteiger charge is -2.39. The van der Waals surface area contributed by atoms with E-state index < -0.39 is 17.8 Å². The van der Waals surface area contributed by atoms with Gasteiger partial charge in [0.2, 0.25) is 18.3 Å². The first-order chi connectivity index (χ1) is 10.7. The van der Waals surface area contributed by atoms with Crippen LogP contribution in [-0.4, -0.2) is 71.9 Å². The molecule has 126 valence electrons. The van der Waals surface area contributed by atoms with Crippen LogP contribution in [0.3, 0.4) is 0 Å². The quantitative estimate of drug-likeness (QED) is 0.742. The first kappa shape index (κ1) is 17.0. The topological polar surface area (TPSA) is 69.6 Å². The molecule has 1 atom stereocenters. The molecule has 1 aliphatic heterocycles. The Hall–Kier alpha value is -2.39. The predicted octanol–water partition coefficient (Wildman–Crippen LogP) is 0.231. The number of alkyl halides is 3. The zero-order valence-corrected chi connectivity index (χ0v) is 12.6. The van der Waals surface area contributed by atoms with E-state index in [1.54, 1.807) is 14.1 Å². The van der Waals surface area contributed by atoms with Crippen LogP contribution in [0.15, 0.2) is 12.4 Å². The van der Waals surface area contributed by atoms with Gasteiger partial charge in [0.25, 0.3) is 0 Å². The van der Waals surface area contributed by atoms with Crippen LogP contribution in [0.25, 0.3) is 0 Å². The maximum absolute atomic E-state index is 12.6. The Balaban J connectivity index is 2.27. The Morgan fingerprint density at radius 2 is 1.91 bits per heavy atom. The van der Waals surface area contributed by atoms with Crippen molar-refractivity contribution in [2.24, 2.45) is 0 Å². The SMILES string of the molecule is CN(C)C(=O)C1CN(C=O)CCN1c1ncc(C(F)(F)F)cn1. The summed E-state index contributed by atoms with van der Waals surface area (Å²) >= 11 is 0. The summed E-state index contributed by atoms with van der Waals surface area (Å²) in [6, 6.07) is -0.735. The highest BCUT2D eigenvalue weighted by Gasteiger charge is 2.36.